The first-order chi connectivity index (χ1) is 9.30. The molecule has 0 amide bonds. The van der Waals surface area contributed by atoms with E-state index in [4.69, 9.17) is 4.74 Å². The quantitative estimate of drug-likeness (QED) is 0.866. The molecule has 0 unspecified atom stereocenters. The van der Waals surface area contributed by atoms with E-state index < -0.39 is 20.2 Å². The largest absolute Gasteiger partial charge is 0.501 e. The second-order valence-electron chi connectivity index (χ2n) is 3.84. The third-order valence-corrected chi connectivity index (χ3v) is 3.88. The van der Waals surface area contributed by atoms with Gasteiger partial charge in [-0.15, -0.1) is 0 Å². The zero-order chi connectivity index (χ0) is 14.8. The minimum atomic E-state index is -5.37. The Balaban J connectivity index is 2.34. The van der Waals surface area contributed by atoms with E-state index in [0.29, 0.717) is 5.75 Å². The third-order valence-electron chi connectivity index (χ3n) is 2.40. The molecule has 0 atom stereocenters. The van der Waals surface area contributed by atoms with Crippen molar-refractivity contribution in [3.8, 4) is 11.5 Å². The summed E-state index contributed by atoms with van der Waals surface area (Å²) in [5.41, 5.74) is -5.33. The summed E-state index contributed by atoms with van der Waals surface area (Å²) in [6.07, 6.45) is 0. The van der Waals surface area contributed by atoms with E-state index in [9.17, 15) is 21.6 Å². The van der Waals surface area contributed by atoms with Gasteiger partial charge in [-0.2, -0.15) is 13.2 Å². The van der Waals surface area contributed by atoms with Crippen LogP contribution in [0.4, 0.5) is 13.2 Å². The van der Waals surface area contributed by atoms with Crippen LogP contribution >= 0.6 is 0 Å². The number of alkyl halides is 3. The molecular formula is C13H9F3O3S. The molecule has 0 N–H and O–H groups in total. The van der Waals surface area contributed by atoms with E-state index in [1.54, 1.807) is 30.3 Å². The molecule has 0 aliphatic carbocycles. The van der Waals surface area contributed by atoms with E-state index in [-0.39, 0.29) is 5.75 Å². The molecule has 0 saturated heterocycles. The topological polar surface area (TPSA) is 43.4 Å². The summed E-state index contributed by atoms with van der Waals surface area (Å²) in [5, 5.41) is 0. The molecule has 2 aromatic rings. The Morgan fingerprint density at radius 3 is 2.05 bits per heavy atom. The fourth-order valence-corrected chi connectivity index (χ4v) is 2.26. The van der Waals surface area contributed by atoms with Crippen LogP contribution in [0.3, 0.4) is 0 Å². The maximum absolute atomic E-state index is 12.4. The molecule has 20 heavy (non-hydrogen) atoms. The highest BCUT2D eigenvalue weighted by atomic mass is 32.2. The number of sulfone groups is 1. The zero-order valence-corrected chi connectivity index (χ0v) is 10.8. The number of halogens is 3. The van der Waals surface area contributed by atoms with Gasteiger partial charge in [-0.3, -0.25) is 0 Å². The van der Waals surface area contributed by atoms with Crippen molar-refractivity contribution in [2.24, 2.45) is 0 Å². The summed E-state index contributed by atoms with van der Waals surface area (Å²) in [6.45, 7) is 0. The number of hydrogen-bond donors (Lipinski definition) is 0. The van der Waals surface area contributed by atoms with Crippen molar-refractivity contribution in [2.45, 2.75) is 10.4 Å². The third kappa shape index (κ3) is 2.93. The first kappa shape index (κ1) is 14.4. The molecule has 0 fully saturated rings. The Bertz CT molecular complexity index is 694. The fraction of sp³-hybridized carbons (Fsp3) is 0.0769. The first-order valence-corrected chi connectivity index (χ1v) is 6.93. The Labute approximate surface area is 113 Å². The molecule has 2 aromatic carbocycles. The minimum Gasteiger partial charge on any atom is -0.457 e. The summed E-state index contributed by atoms with van der Waals surface area (Å²) < 4.78 is 65.2. The van der Waals surface area contributed by atoms with Gasteiger partial charge in [-0.05, 0) is 30.3 Å². The molecule has 3 nitrogen and oxygen atoms in total. The molecule has 0 radical (unpaired) electrons. The standard InChI is InChI=1S/C13H9F3O3S/c14-13(15,16)20(17,18)12-8-4-7-11(9-12)19-10-5-2-1-3-6-10/h1-9H. The number of rotatable bonds is 3. The van der Waals surface area contributed by atoms with Crippen molar-refractivity contribution in [2.75, 3.05) is 0 Å². The van der Waals surface area contributed by atoms with Gasteiger partial charge in [-0.1, -0.05) is 24.3 Å². The van der Waals surface area contributed by atoms with Crippen molar-refractivity contribution in [1.29, 1.82) is 0 Å². The zero-order valence-electron chi connectivity index (χ0n) is 9.96. The van der Waals surface area contributed by atoms with Crippen LogP contribution in [0.25, 0.3) is 0 Å². The molecule has 0 aliphatic rings. The van der Waals surface area contributed by atoms with Gasteiger partial charge in [0.2, 0.25) is 0 Å². The average molecular weight is 302 g/mol. The fourth-order valence-electron chi connectivity index (χ4n) is 1.46. The highest BCUT2D eigenvalue weighted by molar-refractivity contribution is 7.92. The van der Waals surface area contributed by atoms with Crippen molar-refractivity contribution in [3.05, 3.63) is 54.6 Å². The van der Waals surface area contributed by atoms with Crippen LogP contribution in [0.1, 0.15) is 0 Å². The molecule has 0 bridgehead atoms. The lowest BCUT2D eigenvalue weighted by Crippen LogP contribution is -2.23. The van der Waals surface area contributed by atoms with Crippen LogP contribution < -0.4 is 4.74 Å². The SMILES string of the molecule is O=S(=O)(c1cccc(Oc2ccccc2)c1)C(F)(F)F. The predicted octanol–water partition coefficient (Wildman–Crippen LogP) is 3.77. The summed E-state index contributed by atoms with van der Waals surface area (Å²) in [7, 11) is -5.37. The Morgan fingerprint density at radius 2 is 1.45 bits per heavy atom. The van der Waals surface area contributed by atoms with Crippen LogP contribution in [-0.2, 0) is 9.84 Å². The maximum Gasteiger partial charge on any atom is 0.501 e. The molecule has 0 aliphatic heterocycles. The monoisotopic (exact) mass is 302 g/mol. The first-order valence-electron chi connectivity index (χ1n) is 5.45. The highest BCUT2D eigenvalue weighted by Crippen LogP contribution is 2.32. The van der Waals surface area contributed by atoms with E-state index in [1.807, 2.05) is 0 Å². The molecule has 0 aromatic heterocycles. The normalized spacial score (nSPS) is 12.2. The lowest BCUT2D eigenvalue weighted by molar-refractivity contribution is -0.0436. The van der Waals surface area contributed by atoms with E-state index >= 15 is 0 Å². The maximum atomic E-state index is 12.4. The molecule has 2 rings (SSSR count). The number of hydrogen-bond acceptors (Lipinski definition) is 3. The van der Waals surface area contributed by atoms with Crippen LogP contribution in [0.2, 0.25) is 0 Å². The second kappa shape index (κ2) is 5.16. The van der Waals surface area contributed by atoms with Gasteiger partial charge >= 0.3 is 5.51 Å². The van der Waals surface area contributed by atoms with Gasteiger partial charge < -0.3 is 4.74 Å². The Kier molecular flexibility index (Phi) is 3.71. The molecule has 7 heteroatoms. The van der Waals surface area contributed by atoms with Gasteiger partial charge in [0.25, 0.3) is 9.84 Å². The smallest absolute Gasteiger partial charge is 0.457 e. The summed E-state index contributed by atoms with van der Waals surface area (Å²) in [5.74, 6) is 0.413. The Hall–Kier alpha value is -2.02. The van der Waals surface area contributed by atoms with Gasteiger partial charge in [0.05, 0.1) is 4.90 Å². The minimum absolute atomic E-state index is 0.0153. The second-order valence-corrected chi connectivity index (χ2v) is 5.78. The van der Waals surface area contributed by atoms with Gasteiger partial charge in [0.1, 0.15) is 11.5 Å². The van der Waals surface area contributed by atoms with Crippen LogP contribution in [-0.4, -0.2) is 13.9 Å². The lowest BCUT2D eigenvalue weighted by Gasteiger charge is -2.10. The van der Waals surface area contributed by atoms with Crippen molar-refractivity contribution >= 4 is 9.84 Å². The lowest BCUT2D eigenvalue weighted by atomic mass is 10.3. The van der Waals surface area contributed by atoms with Crippen LogP contribution in [0.5, 0.6) is 11.5 Å². The summed E-state index contributed by atoms with van der Waals surface area (Å²) in [6, 6.07) is 12.6. The van der Waals surface area contributed by atoms with Crippen molar-refractivity contribution < 1.29 is 26.3 Å². The van der Waals surface area contributed by atoms with E-state index in [1.165, 1.54) is 12.1 Å². The molecule has 106 valence electrons. The van der Waals surface area contributed by atoms with E-state index in [2.05, 4.69) is 0 Å². The highest BCUT2D eigenvalue weighted by Gasteiger charge is 2.46. The van der Waals surface area contributed by atoms with E-state index in [0.717, 1.165) is 12.1 Å². The summed E-state index contributed by atoms with van der Waals surface area (Å²) in [4.78, 5) is -0.849. The van der Waals surface area contributed by atoms with Gasteiger partial charge in [0, 0.05) is 0 Å². The molecular weight excluding hydrogens is 293 g/mol. The number of para-hydroxylation sites is 1. The molecule has 0 spiro atoms. The predicted molar refractivity (Wildman–Crippen MR) is 66.2 cm³/mol. The Morgan fingerprint density at radius 1 is 0.850 bits per heavy atom. The van der Waals surface area contributed by atoms with Crippen molar-refractivity contribution in [1.82, 2.24) is 0 Å². The number of benzene rings is 2. The van der Waals surface area contributed by atoms with Crippen LogP contribution in [0.15, 0.2) is 59.5 Å². The average Bonchev–Trinajstić information content (AvgIpc) is 2.39. The van der Waals surface area contributed by atoms with Crippen LogP contribution in [0, 0.1) is 0 Å². The molecule has 0 saturated carbocycles. The van der Waals surface area contributed by atoms with Crippen molar-refractivity contribution in [3.63, 3.8) is 0 Å². The molecule has 0 heterocycles. The van der Waals surface area contributed by atoms with Gasteiger partial charge in [-0.25, -0.2) is 8.42 Å². The number of ether oxygens (including phenoxy) is 1. The summed E-state index contributed by atoms with van der Waals surface area (Å²) >= 11 is 0. The van der Waals surface area contributed by atoms with Gasteiger partial charge in [0.15, 0.2) is 0 Å².